The van der Waals surface area contributed by atoms with Crippen molar-refractivity contribution in [2.24, 2.45) is 0 Å². The van der Waals surface area contributed by atoms with Crippen molar-refractivity contribution in [3.05, 3.63) is 138 Å². The Bertz CT molecular complexity index is 1760. The van der Waals surface area contributed by atoms with Crippen LogP contribution in [0, 0.1) is 5.82 Å². The lowest BCUT2D eigenvalue weighted by atomic mass is 9.91. The van der Waals surface area contributed by atoms with Gasteiger partial charge < -0.3 is 25.1 Å². The van der Waals surface area contributed by atoms with E-state index in [4.69, 9.17) is 12.2 Å². The van der Waals surface area contributed by atoms with Crippen molar-refractivity contribution in [3.8, 4) is 33.8 Å². The number of nitrogens with zero attached hydrogens (tertiary/aromatic N) is 2. The third-order valence-corrected chi connectivity index (χ3v) is 8.90. The van der Waals surface area contributed by atoms with Gasteiger partial charge in [0, 0.05) is 18.3 Å². The number of likely N-dealkylation sites (N-methyl/N-ethyl adjacent to an activating group) is 1. The van der Waals surface area contributed by atoms with Gasteiger partial charge in [0.2, 0.25) is 0 Å². The molecule has 0 aliphatic carbocycles. The normalized spacial score (nSPS) is 17.2. The van der Waals surface area contributed by atoms with Crippen LogP contribution in [0.3, 0.4) is 0 Å². The first kappa shape index (κ1) is 29.4. The Morgan fingerprint density at radius 2 is 1.39 bits per heavy atom. The average Bonchev–Trinajstić information content (AvgIpc) is 3.29. The van der Waals surface area contributed by atoms with E-state index >= 15 is 0 Å². The molecule has 1 unspecified atom stereocenters. The molecule has 3 atom stereocenters. The maximum absolute atomic E-state index is 13.5. The van der Waals surface area contributed by atoms with Crippen molar-refractivity contribution in [2.75, 3.05) is 11.9 Å². The molecule has 222 valence electrons. The molecule has 7 heteroatoms. The lowest BCUT2D eigenvalue weighted by Gasteiger charge is -2.30. The zero-order valence-electron chi connectivity index (χ0n) is 24.2. The molecule has 0 aromatic heterocycles. The fourth-order valence-corrected chi connectivity index (χ4v) is 6.42. The molecule has 3 N–H and O–H groups in total. The topological polar surface area (TPSA) is 67.2 Å². The number of aliphatic hydroxyl groups is 1. The van der Waals surface area contributed by atoms with Gasteiger partial charge in [-0.2, -0.15) is 0 Å². The number of thiocarbonyl (C=S) groups is 1. The highest BCUT2D eigenvalue weighted by atomic mass is 32.1. The second-order valence-electron chi connectivity index (χ2n) is 11.2. The van der Waals surface area contributed by atoms with Gasteiger partial charge in [-0.3, -0.25) is 0 Å². The Morgan fingerprint density at radius 1 is 0.750 bits per heavy atom. The van der Waals surface area contributed by atoms with E-state index in [0.29, 0.717) is 29.1 Å². The van der Waals surface area contributed by atoms with Gasteiger partial charge in [0.1, 0.15) is 17.3 Å². The number of phenols is 2. The number of aliphatic hydroxyl groups excluding tert-OH is 1. The highest BCUT2D eigenvalue weighted by Gasteiger charge is 2.44. The van der Waals surface area contributed by atoms with Crippen LogP contribution in [0.15, 0.2) is 121 Å². The summed E-state index contributed by atoms with van der Waals surface area (Å²) in [4.78, 5) is 4.10. The number of halogens is 1. The van der Waals surface area contributed by atoms with Crippen molar-refractivity contribution in [1.29, 1.82) is 0 Å². The average molecular weight is 605 g/mol. The van der Waals surface area contributed by atoms with E-state index in [1.54, 1.807) is 36.4 Å². The van der Waals surface area contributed by atoms with Crippen LogP contribution in [0.1, 0.15) is 36.1 Å². The zero-order valence-corrected chi connectivity index (χ0v) is 25.0. The van der Waals surface area contributed by atoms with Crippen molar-refractivity contribution >= 4 is 23.0 Å². The summed E-state index contributed by atoms with van der Waals surface area (Å²) >= 11 is 6.01. The molecule has 44 heavy (non-hydrogen) atoms. The third kappa shape index (κ3) is 5.89. The van der Waals surface area contributed by atoms with E-state index in [1.165, 1.54) is 12.1 Å². The number of benzene rings is 5. The lowest BCUT2D eigenvalue weighted by molar-refractivity contribution is 0.152. The minimum absolute atomic E-state index is 0.115. The fraction of sp³-hybridized carbons (Fsp3) is 0.162. The smallest absolute Gasteiger partial charge is 0.176 e. The molecule has 0 radical (unpaired) electrons. The maximum Gasteiger partial charge on any atom is 0.176 e. The van der Waals surface area contributed by atoms with Gasteiger partial charge in [0.05, 0.1) is 18.2 Å². The lowest BCUT2D eigenvalue weighted by Crippen LogP contribution is -2.31. The monoisotopic (exact) mass is 604 g/mol. The Kier molecular flexibility index (Phi) is 8.33. The first-order chi connectivity index (χ1) is 21.3. The predicted molar refractivity (Wildman–Crippen MR) is 177 cm³/mol. The number of hydrogen-bond donors (Lipinski definition) is 3. The van der Waals surface area contributed by atoms with Gasteiger partial charge in [-0.15, -0.1) is 0 Å². The van der Waals surface area contributed by atoms with E-state index in [2.05, 4.69) is 29.2 Å². The molecule has 1 fully saturated rings. The van der Waals surface area contributed by atoms with Gasteiger partial charge in [0.25, 0.3) is 0 Å². The van der Waals surface area contributed by atoms with Gasteiger partial charge >= 0.3 is 0 Å². The van der Waals surface area contributed by atoms with Crippen molar-refractivity contribution in [2.45, 2.75) is 31.0 Å². The number of anilines is 1. The van der Waals surface area contributed by atoms with E-state index in [-0.39, 0.29) is 29.4 Å². The highest BCUT2D eigenvalue weighted by Crippen LogP contribution is 2.45. The number of phenolic OH excluding ortho intramolecular Hbond substituents is 2. The molecule has 1 aliphatic rings. The molecule has 0 spiro atoms. The maximum atomic E-state index is 13.5. The summed E-state index contributed by atoms with van der Waals surface area (Å²) in [5.74, 6) is -0.0804. The quantitative estimate of drug-likeness (QED) is 0.155. The Balaban J connectivity index is 1.36. The summed E-state index contributed by atoms with van der Waals surface area (Å²) in [6.07, 6.45) is 0.202. The molecule has 5 aromatic carbocycles. The van der Waals surface area contributed by atoms with Gasteiger partial charge in [-0.05, 0) is 95.3 Å². The molecule has 1 aliphatic heterocycles. The summed E-state index contributed by atoms with van der Waals surface area (Å²) in [5, 5.41) is 33.1. The van der Waals surface area contributed by atoms with Crippen LogP contribution in [0.2, 0.25) is 0 Å². The van der Waals surface area contributed by atoms with Crippen LogP contribution in [-0.4, -0.2) is 38.4 Å². The Morgan fingerprint density at radius 3 is 2.07 bits per heavy atom. The van der Waals surface area contributed by atoms with Crippen LogP contribution < -0.4 is 4.90 Å². The minimum atomic E-state index is -0.779. The molecule has 0 amide bonds. The van der Waals surface area contributed by atoms with Crippen molar-refractivity contribution < 1.29 is 19.7 Å². The van der Waals surface area contributed by atoms with Gasteiger partial charge in [-0.25, -0.2) is 4.39 Å². The summed E-state index contributed by atoms with van der Waals surface area (Å²) in [6, 6.07) is 36.3. The first-order valence-electron chi connectivity index (χ1n) is 14.6. The number of aromatic hydroxyl groups is 2. The second-order valence-corrected chi connectivity index (χ2v) is 11.5. The Hall–Kier alpha value is -4.72. The van der Waals surface area contributed by atoms with E-state index in [1.807, 2.05) is 60.5 Å². The van der Waals surface area contributed by atoms with E-state index in [0.717, 1.165) is 27.9 Å². The van der Waals surface area contributed by atoms with Gasteiger partial charge in [-0.1, -0.05) is 78.9 Å². The molecular weight excluding hydrogens is 571 g/mol. The molecule has 0 saturated carbocycles. The van der Waals surface area contributed by atoms with Crippen LogP contribution in [0.25, 0.3) is 22.3 Å². The zero-order chi connectivity index (χ0) is 30.8. The highest BCUT2D eigenvalue weighted by molar-refractivity contribution is 7.80. The van der Waals surface area contributed by atoms with Crippen molar-refractivity contribution in [3.63, 3.8) is 0 Å². The van der Waals surface area contributed by atoms with Crippen molar-refractivity contribution in [1.82, 2.24) is 4.90 Å². The van der Waals surface area contributed by atoms with Crippen LogP contribution in [-0.2, 0) is 0 Å². The standard InChI is InChI=1S/C37H33FN2O3S/c1-39-33(20-21-34(42)26-10-15-29(38)16-11-26)36(32-19-14-28(23-35(32)43)27-8-5-9-31(41)22-27)40(37(39)44)30-17-12-25(13-18-30)24-6-3-2-4-7-24/h2-19,22-23,33-34,36,41-43H,20-21H2,1H3/t33-,34?,36+/m0/s1. The fourth-order valence-electron chi connectivity index (χ4n) is 6.07. The van der Waals surface area contributed by atoms with Crippen LogP contribution >= 0.6 is 12.2 Å². The van der Waals surface area contributed by atoms with Crippen LogP contribution in [0.4, 0.5) is 10.1 Å². The second kappa shape index (κ2) is 12.5. The van der Waals surface area contributed by atoms with E-state index < -0.39 is 6.10 Å². The molecule has 6 rings (SSSR count). The molecule has 0 bridgehead atoms. The Labute approximate surface area is 262 Å². The van der Waals surface area contributed by atoms with Gasteiger partial charge in [0.15, 0.2) is 5.11 Å². The molecule has 1 heterocycles. The first-order valence-corrected chi connectivity index (χ1v) is 15.0. The predicted octanol–water partition coefficient (Wildman–Crippen LogP) is 8.23. The number of rotatable bonds is 8. The minimum Gasteiger partial charge on any atom is -0.508 e. The summed E-state index contributed by atoms with van der Waals surface area (Å²) in [7, 11) is 1.95. The molecule has 1 saturated heterocycles. The molecule has 5 nitrogen and oxygen atoms in total. The van der Waals surface area contributed by atoms with E-state index in [9.17, 15) is 19.7 Å². The molecule has 5 aromatic rings. The number of hydrogen-bond acceptors (Lipinski definition) is 4. The molecular formula is C37H33FN2O3S. The SMILES string of the molecule is CN1C(=S)N(c2ccc(-c3ccccc3)cc2)[C@H](c2ccc(-c3cccc(O)c3)cc2O)[C@@H]1CCC(O)c1ccc(F)cc1. The summed E-state index contributed by atoms with van der Waals surface area (Å²) in [5.41, 5.74) is 6.01. The summed E-state index contributed by atoms with van der Waals surface area (Å²) in [6.45, 7) is 0. The summed E-state index contributed by atoms with van der Waals surface area (Å²) < 4.78 is 13.5. The van der Waals surface area contributed by atoms with Crippen LogP contribution in [0.5, 0.6) is 11.5 Å². The third-order valence-electron chi connectivity index (χ3n) is 8.42. The largest absolute Gasteiger partial charge is 0.508 e.